The first kappa shape index (κ1) is 21.5. The van der Waals surface area contributed by atoms with Crippen molar-refractivity contribution in [2.45, 2.75) is 26.2 Å². The van der Waals surface area contributed by atoms with Crippen molar-refractivity contribution < 1.29 is 8.78 Å². The van der Waals surface area contributed by atoms with E-state index in [9.17, 15) is 8.78 Å². The molecule has 3 N–H and O–H groups in total. The van der Waals surface area contributed by atoms with Crippen molar-refractivity contribution in [2.75, 3.05) is 25.0 Å². The summed E-state index contributed by atoms with van der Waals surface area (Å²) in [5.41, 5.74) is 10.3. The van der Waals surface area contributed by atoms with E-state index in [-0.39, 0.29) is 5.11 Å². The maximum absolute atomic E-state index is 13.9. The Balaban J connectivity index is 1.79. The number of halogens is 2. The second-order valence-electron chi connectivity index (χ2n) is 7.87. The predicted molar refractivity (Wildman–Crippen MR) is 128 cm³/mol. The summed E-state index contributed by atoms with van der Waals surface area (Å²) in [5.74, 6) is -1.72. The van der Waals surface area contributed by atoms with Crippen LogP contribution in [0.5, 0.6) is 0 Å². The average molecular weight is 441 g/mol. The van der Waals surface area contributed by atoms with Crippen molar-refractivity contribution in [1.82, 2.24) is 9.47 Å². The molecule has 0 saturated carbocycles. The summed E-state index contributed by atoms with van der Waals surface area (Å²) in [7, 11) is 0. The van der Waals surface area contributed by atoms with Gasteiger partial charge in [-0.25, -0.2) is 8.78 Å². The molecule has 7 heteroatoms. The minimum absolute atomic E-state index is 0.199. The van der Waals surface area contributed by atoms with Gasteiger partial charge in [-0.1, -0.05) is 19.4 Å². The Bertz CT molecular complexity index is 1150. The lowest BCUT2D eigenvalue weighted by atomic mass is 9.98. The summed E-state index contributed by atoms with van der Waals surface area (Å²) < 4.78 is 29.3. The Hall–Kier alpha value is -2.77. The van der Waals surface area contributed by atoms with E-state index in [4.69, 9.17) is 18.0 Å². The highest BCUT2D eigenvalue weighted by atomic mass is 32.1. The van der Waals surface area contributed by atoms with E-state index in [0.717, 1.165) is 54.3 Å². The molecule has 0 unspecified atom stereocenters. The molecule has 1 aliphatic rings. The van der Waals surface area contributed by atoms with Crippen molar-refractivity contribution >= 4 is 39.5 Å². The van der Waals surface area contributed by atoms with E-state index in [1.165, 1.54) is 24.5 Å². The molecule has 1 aromatic heterocycles. The van der Waals surface area contributed by atoms with Gasteiger partial charge in [-0.3, -0.25) is 4.90 Å². The molecule has 0 saturated heterocycles. The number of rotatable bonds is 6. The van der Waals surface area contributed by atoms with E-state index < -0.39 is 11.6 Å². The summed E-state index contributed by atoms with van der Waals surface area (Å²) in [5, 5.41) is 4.20. The number of nitrogens with zero attached hydrogens (tertiary/aromatic N) is 2. The van der Waals surface area contributed by atoms with E-state index >= 15 is 0 Å². The largest absolute Gasteiger partial charge is 0.376 e. The van der Waals surface area contributed by atoms with Crippen LogP contribution in [0, 0.1) is 11.6 Å². The molecule has 2 heterocycles. The van der Waals surface area contributed by atoms with E-state index in [0.29, 0.717) is 5.69 Å². The molecule has 2 aromatic carbocycles. The highest BCUT2D eigenvalue weighted by molar-refractivity contribution is 7.80. The Morgan fingerprint density at radius 3 is 2.68 bits per heavy atom. The first-order chi connectivity index (χ1) is 15.0. The zero-order chi connectivity index (χ0) is 22.0. The number of unbranched alkanes of at least 4 members (excludes halogenated alkanes) is 1. The number of aromatic nitrogens is 1. The van der Waals surface area contributed by atoms with Gasteiger partial charge in [-0.2, -0.15) is 0 Å². The fourth-order valence-corrected chi connectivity index (χ4v) is 4.21. The zero-order valence-corrected chi connectivity index (χ0v) is 18.3. The van der Waals surface area contributed by atoms with Crippen LogP contribution in [0.4, 0.5) is 14.5 Å². The van der Waals surface area contributed by atoms with Gasteiger partial charge in [0.25, 0.3) is 0 Å². The monoisotopic (exact) mass is 440 g/mol. The minimum atomic E-state index is -0.865. The van der Waals surface area contributed by atoms with Gasteiger partial charge < -0.3 is 15.6 Å². The van der Waals surface area contributed by atoms with E-state index in [2.05, 4.69) is 23.2 Å². The van der Waals surface area contributed by atoms with Crippen LogP contribution in [0.2, 0.25) is 0 Å². The summed E-state index contributed by atoms with van der Waals surface area (Å²) >= 11 is 4.98. The van der Waals surface area contributed by atoms with Crippen LogP contribution in [-0.2, 0) is 0 Å². The standard InChI is InChI=1S/C24H26F2N4S/c1-2-3-10-29-11-8-16(9-12-29)20-15-30(18-5-6-21(25)22(26)14-18)23-7-4-17(13-19(20)23)28-24(27)31/h4-8,13-15H,2-3,9-12H2,1H3,(H3,27,28,31). The molecule has 1 aliphatic heterocycles. The van der Waals surface area contributed by atoms with Crippen LogP contribution in [0.25, 0.3) is 22.2 Å². The van der Waals surface area contributed by atoms with E-state index in [1.807, 2.05) is 29.0 Å². The van der Waals surface area contributed by atoms with Crippen molar-refractivity contribution in [3.63, 3.8) is 0 Å². The highest BCUT2D eigenvalue weighted by Crippen LogP contribution is 2.34. The van der Waals surface area contributed by atoms with Gasteiger partial charge in [-0.15, -0.1) is 0 Å². The number of nitrogens with one attached hydrogen (secondary N) is 1. The molecule has 0 fully saturated rings. The third-order valence-electron chi connectivity index (χ3n) is 5.72. The lowest BCUT2D eigenvalue weighted by molar-refractivity contribution is 0.297. The molecule has 4 rings (SSSR count). The van der Waals surface area contributed by atoms with Gasteiger partial charge >= 0.3 is 0 Å². The fraction of sp³-hybridized carbons (Fsp3) is 0.292. The van der Waals surface area contributed by atoms with Gasteiger partial charge in [0, 0.05) is 47.7 Å². The molecular weight excluding hydrogens is 414 g/mol. The van der Waals surface area contributed by atoms with Crippen LogP contribution in [0.15, 0.2) is 48.7 Å². The number of thiocarbonyl (C=S) groups is 1. The van der Waals surface area contributed by atoms with Crippen LogP contribution < -0.4 is 11.1 Å². The van der Waals surface area contributed by atoms with Crippen LogP contribution in [0.1, 0.15) is 31.7 Å². The van der Waals surface area contributed by atoms with Gasteiger partial charge in [-0.05, 0) is 67.5 Å². The summed E-state index contributed by atoms with van der Waals surface area (Å²) in [6.07, 6.45) is 7.61. The summed E-state index contributed by atoms with van der Waals surface area (Å²) in [6, 6.07) is 9.79. The Labute approximate surface area is 186 Å². The van der Waals surface area contributed by atoms with Gasteiger partial charge in [0.2, 0.25) is 0 Å². The SMILES string of the molecule is CCCCN1CC=C(c2cn(-c3ccc(F)c(F)c3)c3ccc(NC(N)=S)cc23)CC1. The topological polar surface area (TPSA) is 46.2 Å². The molecule has 0 aliphatic carbocycles. The second-order valence-corrected chi connectivity index (χ2v) is 8.31. The molecule has 0 bridgehead atoms. The maximum atomic E-state index is 13.9. The molecule has 0 amide bonds. The lowest BCUT2D eigenvalue weighted by Crippen LogP contribution is -2.29. The van der Waals surface area contributed by atoms with E-state index in [1.54, 1.807) is 6.07 Å². The maximum Gasteiger partial charge on any atom is 0.168 e. The van der Waals surface area contributed by atoms with Gasteiger partial charge in [0.05, 0.1) is 5.52 Å². The van der Waals surface area contributed by atoms with Gasteiger partial charge in [0.15, 0.2) is 16.7 Å². The van der Waals surface area contributed by atoms with Crippen molar-refractivity contribution in [1.29, 1.82) is 0 Å². The predicted octanol–water partition coefficient (Wildman–Crippen LogP) is 5.45. The van der Waals surface area contributed by atoms with Crippen LogP contribution >= 0.6 is 12.2 Å². The Kier molecular flexibility index (Phi) is 6.34. The number of anilines is 1. The normalized spacial score (nSPS) is 14.6. The van der Waals surface area contributed by atoms with Crippen LogP contribution in [-0.4, -0.2) is 34.2 Å². The molecular formula is C24H26F2N4S. The first-order valence-corrected chi connectivity index (χ1v) is 11.0. The lowest BCUT2D eigenvalue weighted by Gasteiger charge is -2.26. The quantitative estimate of drug-likeness (QED) is 0.500. The molecule has 3 aromatic rings. The molecule has 0 spiro atoms. The molecule has 4 nitrogen and oxygen atoms in total. The first-order valence-electron chi connectivity index (χ1n) is 10.5. The fourth-order valence-electron chi connectivity index (χ4n) is 4.10. The molecule has 0 atom stereocenters. The second kappa shape index (κ2) is 9.16. The van der Waals surface area contributed by atoms with Gasteiger partial charge in [0.1, 0.15) is 0 Å². The molecule has 0 radical (unpaired) electrons. The minimum Gasteiger partial charge on any atom is -0.376 e. The number of benzene rings is 2. The summed E-state index contributed by atoms with van der Waals surface area (Å²) in [6.45, 7) is 5.24. The number of hydrogen-bond acceptors (Lipinski definition) is 2. The number of hydrogen-bond donors (Lipinski definition) is 2. The van der Waals surface area contributed by atoms with Crippen molar-refractivity contribution in [3.8, 4) is 5.69 Å². The average Bonchev–Trinajstić information content (AvgIpc) is 3.13. The molecule has 162 valence electrons. The number of fused-ring (bicyclic) bond motifs is 1. The zero-order valence-electron chi connectivity index (χ0n) is 17.5. The molecule has 31 heavy (non-hydrogen) atoms. The Morgan fingerprint density at radius 2 is 2.00 bits per heavy atom. The highest BCUT2D eigenvalue weighted by Gasteiger charge is 2.18. The summed E-state index contributed by atoms with van der Waals surface area (Å²) in [4.78, 5) is 2.46. The third-order valence-corrected chi connectivity index (χ3v) is 5.82. The van der Waals surface area contributed by atoms with Crippen molar-refractivity contribution in [2.24, 2.45) is 5.73 Å². The number of nitrogens with two attached hydrogens (primary N) is 1. The van der Waals surface area contributed by atoms with Crippen molar-refractivity contribution in [3.05, 3.63) is 65.9 Å². The Morgan fingerprint density at radius 1 is 1.16 bits per heavy atom. The van der Waals surface area contributed by atoms with Crippen LogP contribution in [0.3, 0.4) is 0 Å². The third kappa shape index (κ3) is 4.62. The smallest absolute Gasteiger partial charge is 0.168 e.